The fourth-order valence-electron chi connectivity index (χ4n) is 4.47. The standard InChI is InChI=1S/C32H29N7O2/c1-39(2)32(41)23-9-10-28(35-17-23)27-15-24(18-36-31(27)34)29-16-26(37-19-38-29)12-20-5-3-6-21(11-20)13-30(40)22-7-4-8-25(33)14-22/h3-11,14-19H,12-13,33H2,1-2H3,(H2,34,36). The fourth-order valence-corrected chi connectivity index (χ4v) is 4.47. The number of hydrogen-bond donors (Lipinski definition) is 2. The smallest absolute Gasteiger partial charge is 0.254 e. The van der Waals surface area contributed by atoms with E-state index in [9.17, 15) is 9.59 Å². The van der Waals surface area contributed by atoms with Crippen LogP contribution in [-0.4, -0.2) is 50.6 Å². The molecular formula is C32H29N7O2. The highest BCUT2D eigenvalue weighted by molar-refractivity contribution is 5.98. The number of ketones is 1. The highest BCUT2D eigenvalue weighted by Crippen LogP contribution is 2.28. The third-order valence-corrected chi connectivity index (χ3v) is 6.58. The van der Waals surface area contributed by atoms with E-state index in [4.69, 9.17) is 11.5 Å². The van der Waals surface area contributed by atoms with Crippen molar-refractivity contribution in [2.45, 2.75) is 12.8 Å². The van der Waals surface area contributed by atoms with Crippen molar-refractivity contribution in [3.63, 3.8) is 0 Å². The molecule has 0 unspecified atom stereocenters. The Kier molecular flexibility index (Phi) is 7.78. The summed E-state index contributed by atoms with van der Waals surface area (Å²) in [5, 5.41) is 0. The van der Waals surface area contributed by atoms with E-state index in [0.717, 1.165) is 22.4 Å². The van der Waals surface area contributed by atoms with Gasteiger partial charge in [0, 0.05) is 67.4 Å². The maximum absolute atomic E-state index is 12.8. The van der Waals surface area contributed by atoms with E-state index < -0.39 is 0 Å². The Bertz CT molecular complexity index is 1730. The second kappa shape index (κ2) is 11.7. The van der Waals surface area contributed by atoms with Crippen LogP contribution < -0.4 is 11.5 Å². The Hall–Kier alpha value is -5.44. The SMILES string of the molecule is CN(C)C(=O)c1ccc(-c2cc(-c3cc(Cc4cccc(CC(=O)c5cccc(N)c5)c4)ncn3)cnc2N)nc1. The summed E-state index contributed by atoms with van der Waals surface area (Å²) in [6, 6.07) is 22.2. The minimum absolute atomic E-state index is 0.0128. The molecule has 0 aliphatic heterocycles. The van der Waals surface area contributed by atoms with Gasteiger partial charge in [-0.05, 0) is 47.5 Å². The Labute approximate surface area is 237 Å². The molecule has 2 aromatic carbocycles. The molecule has 41 heavy (non-hydrogen) atoms. The van der Waals surface area contributed by atoms with Gasteiger partial charge in [-0.25, -0.2) is 15.0 Å². The molecule has 0 aliphatic carbocycles. The van der Waals surface area contributed by atoms with Gasteiger partial charge in [0.15, 0.2) is 5.78 Å². The number of rotatable bonds is 8. The van der Waals surface area contributed by atoms with E-state index in [1.165, 1.54) is 17.4 Å². The summed E-state index contributed by atoms with van der Waals surface area (Å²) in [5.74, 6) is 0.210. The van der Waals surface area contributed by atoms with E-state index in [2.05, 4.69) is 19.9 Å². The van der Waals surface area contributed by atoms with Gasteiger partial charge in [-0.2, -0.15) is 0 Å². The molecule has 0 fully saturated rings. The number of amides is 1. The molecule has 0 saturated carbocycles. The number of hydrogen-bond acceptors (Lipinski definition) is 8. The molecule has 9 nitrogen and oxygen atoms in total. The van der Waals surface area contributed by atoms with Crippen LogP contribution in [0.2, 0.25) is 0 Å². The van der Waals surface area contributed by atoms with Crippen molar-refractivity contribution >= 4 is 23.2 Å². The number of pyridine rings is 2. The van der Waals surface area contributed by atoms with Gasteiger partial charge in [0.2, 0.25) is 0 Å². The molecule has 1 amide bonds. The van der Waals surface area contributed by atoms with Gasteiger partial charge in [0.25, 0.3) is 5.91 Å². The number of nitrogen functional groups attached to an aromatic ring is 2. The van der Waals surface area contributed by atoms with Crippen molar-refractivity contribution in [1.82, 2.24) is 24.8 Å². The maximum atomic E-state index is 12.8. The minimum atomic E-state index is -0.129. The molecule has 0 bridgehead atoms. The minimum Gasteiger partial charge on any atom is -0.399 e. The van der Waals surface area contributed by atoms with Crippen molar-refractivity contribution in [2.75, 3.05) is 25.6 Å². The van der Waals surface area contributed by atoms with Crippen LogP contribution in [0.5, 0.6) is 0 Å². The number of nitrogens with zero attached hydrogens (tertiary/aromatic N) is 5. The number of carbonyl (C=O) groups is 2. The second-order valence-electron chi connectivity index (χ2n) is 9.91. The van der Waals surface area contributed by atoms with Gasteiger partial charge in [-0.1, -0.05) is 36.4 Å². The van der Waals surface area contributed by atoms with Crippen molar-refractivity contribution in [3.05, 3.63) is 119 Å². The van der Waals surface area contributed by atoms with Gasteiger partial charge >= 0.3 is 0 Å². The number of anilines is 2. The molecule has 3 heterocycles. The van der Waals surface area contributed by atoms with Crippen LogP contribution in [-0.2, 0) is 12.8 Å². The lowest BCUT2D eigenvalue weighted by Crippen LogP contribution is -2.21. The average molecular weight is 544 g/mol. The summed E-state index contributed by atoms with van der Waals surface area (Å²) in [6.45, 7) is 0. The first-order valence-corrected chi connectivity index (χ1v) is 13.0. The van der Waals surface area contributed by atoms with Gasteiger partial charge < -0.3 is 16.4 Å². The number of nitrogens with two attached hydrogens (primary N) is 2. The van der Waals surface area contributed by atoms with Gasteiger partial charge in [0.1, 0.15) is 12.1 Å². The summed E-state index contributed by atoms with van der Waals surface area (Å²) in [7, 11) is 3.39. The molecule has 5 aromatic rings. The zero-order chi connectivity index (χ0) is 28.9. The van der Waals surface area contributed by atoms with Crippen molar-refractivity contribution in [2.24, 2.45) is 0 Å². The molecule has 9 heteroatoms. The molecule has 0 aliphatic rings. The van der Waals surface area contributed by atoms with E-state index in [0.29, 0.717) is 46.0 Å². The number of carbonyl (C=O) groups excluding carboxylic acids is 2. The lowest BCUT2D eigenvalue weighted by molar-refractivity contribution is 0.0827. The predicted octanol–water partition coefficient (Wildman–Crippen LogP) is 4.48. The van der Waals surface area contributed by atoms with Crippen LogP contribution in [0.3, 0.4) is 0 Å². The van der Waals surface area contributed by atoms with Gasteiger partial charge in [-0.15, -0.1) is 0 Å². The van der Waals surface area contributed by atoms with Crippen molar-refractivity contribution in [1.29, 1.82) is 0 Å². The summed E-state index contributed by atoms with van der Waals surface area (Å²) >= 11 is 0. The highest BCUT2D eigenvalue weighted by Gasteiger charge is 2.13. The lowest BCUT2D eigenvalue weighted by Gasteiger charge is -2.11. The normalized spacial score (nSPS) is 10.8. The quantitative estimate of drug-likeness (QED) is 0.216. The zero-order valence-electron chi connectivity index (χ0n) is 22.8. The van der Waals surface area contributed by atoms with Crippen molar-refractivity contribution in [3.8, 4) is 22.5 Å². The average Bonchev–Trinajstić information content (AvgIpc) is 2.97. The number of aromatic nitrogens is 4. The molecule has 0 saturated heterocycles. The molecule has 204 valence electrons. The molecule has 0 radical (unpaired) electrons. The van der Waals surface area contributed by atoms with Crippen LogP contribution in [0.25, 0.3) is 22.5 Å². The predicted molar refractivity (Wildman–Crippen MR) is 159 cm³/mol. The summed E-state index contributed by atoms with van der Waals surface area (Å²) in [6.07, 6.45) is 5.56. The Morgan fingerprint density at radius 2 is 1.56 bits per heavy atom. The molecule has 0 spiro atoms. The molecule has 0 atom stereocenters. The van der Waals surface area contributed by atoms with E-state index in [1.54, 1.807) is 56.7 Å². The van der Waals surface area contributed by atoms with E-state index in [1.807, 2.05) is 36.4 Å². The Balaban J connectivity index is 1.34. The first-order valence-electron chi connectivity index (χ1n) is 13.0. The monoisotopic (exact) mass is 543 g/mol. The third kappa shape index (κ3) is 6.42. The fraction of sp³-hybridized carbons (Fsp3) is 0.125. The largest absolute Gasteiger partial charge is 0.399 e. The summed E-state index contributed by atoms with van der Waals surface area (Å²) < 4.78 is 0. The van der Waals surface area contributed by atoms with Crippen LogP contribution >= 0.6 is 0 Å². The van der Waals surface area contributed by atoms with Crippen molar-refractivity contribution < 1.29 is 9.59 Å². The second-order valence-corrected chi connectivity index (χ2v) is 9.91. The summed E-state index contributed by atoms with van der Waals surface area (Å²) in [5.41, 5.74) is 19.1. The summed E-state index contributed by atoms with van der Waals surface area (Å²) in [4.78, 5) is 44.2. The molecule has 3 aromatic heterocycles. The maximum Gasteiger partial charge on any atom is 0.254 e. The highest BCUT2D eigenvalue weighted by atomic mass is 16.2. The number of Topliss-reactive ketones (excluding diaryl/α,β-unsaturated/α-hetero) is 1. The first kappa shape index (κ1) is 27.1. The van der Waals surface area contributed by atoms with E-state index in [-0.39, 0.29) is 18.1 Å². The molecule has 5 rings (SSSR count). The topological polar surface area (TPSA) is 141 Å². The number of benzene rings is 2. The van der Waals surface area contributed by atoms with Crippen LogP contribution in [0.15, 0.2) is 91.5 Å². The zero-order valence-corrected chi connectivity index (χ0v) is 22.8. The third-order valence-electron chi connectivity index (χ3n) is 6.58. The first-order chi connectivity index (χ1) is 19.8. The molecular weight excluding hydrogens is 514 g/mol. The van der Waals surface area contributed by atoms with Crippen LogP contribution in [0.4, 0.5) is 11.5 Å². The van der Waals surface area contributed by atoms with E-state index >= 15 is 0 Å². The van der Waals surface area contributed by atoms with Gasteiger partial charge in [-0.3, -0.25) is 14.6 Å². The Morgan fingerprint density at radius 1 is 0.756 bits per heavy atom. The van der Waals surface area contributed by atoms with Gasteiger partial charge in [0.05, 0.1) is 17.0 Å². The van der Waals surface area contributed by atoms with Crippen LogP contribution in [0, 0.1) is 0 Å². The van der Waals surface area contributed by atoms with Crippen LogP contribution in [0.1, 0.15) is 37.5 Å². The molecule has 4 N–H and O–H groups in total. The lowest BCUT2D eigenvalue weighted by atomic mass is 9.99. The Morgan fingerprint density at radius 3 is 2.32 bits per heavy atom.